The van der Waals surface area contributed by atoms with Crippen LogP contribution in [0.15, 0.2) is 24.3 Å². The summed E-state index contributed by atoms with van der Waals surface area (Å²) in [5, 5.41) is 6.27. The first-order chi connectivity index (χ1) is 8.81. The van der Waals surface area contributed by atoms with Gasteiger partial charge < -0.3 is 15.4 Å². The van der Waals surface area contributed by atoms with Crippen molar-refractivity contribution in [3.63, 3.8) is 0 Å². The zero-order valence-corrected chi connectivity index (χ0v) is 10.7. The zero-order valence-electron chi connectivity index (χ0n) is 10.7. The Hall–Kier alpha value is -1.55. The van der Waals surface area contributed by atoms with Crippen LogP contribution in [0.5, 0.6) is 0 Å². The van der Waals surface area contributed by atoms with Crippen LogP contribution in [0.25, 0.3) is 0 Å². The molecular formula is C14H20N2O2. The first-order valence-corrected chi connectivity index (χ1v) is 6.48. The molecule has 0 bridgehead atoms. The summed E-state index contributed by atoms with van der Waals surface area (Å²) >= 11 is 0. The van der Waals surface area contributed by atoms with Gasteiger partial charge in [-0.15, -0.1) is 0 Å². The standard InChI is InChI=1S/C14H20N2O2/c1-2-18-10-14(17)15-8-7-11-9-16-13-6-4-3-5-12(11)13/h3-6,11,16H,2,7-10H2,1H3,(H,15,17). The van der Waals surface area contributed by atoms with E-state index in [1.165, 1.54) is 11.3 Å². The van der Waals surface area contributed by atoms with Crippen molar-refractivity contribution >= 4 is 11.6 Å². The number of rotatable bonds is 6. The van der Waals surface area contributed by atoms with Crippen molar-refractivity contribution in [2.45, 2.75) is 19.3 Å². The molecule has 0 saturated carbocycles. The van der Waals surface area contributed by atoms with E-state index in [0.29, 0.717) is 19.1 Å². The quantitative estimate of drug-likeness (QED) is 0.806. The monoisotopic (exact) mass is 248 g/mol. The summed E-state index contributed by atoms with van der Waals surface area (Å²) in [7, 11) is 0. The fourth-order valence-corrected chi connectivity index (χ4v) is 2.25. The minimum Gasteiger partial charge on any atom is -0.384 e. The van der Waals surface area contributed by atoms with E-state index in [0.717, 1.165) is 13.0 Å². The van der Waals surface area contributed by atoms with Crippen LogP contribution in [0.1, 0.15) is 24.8 Å². The van der Waals surface area contributed by atoms with Crippen molar-refractivity contribution in [3.05, 3.63) is 29.8 Å². The lowest BCUT2D eigenvalue weighted by atomic mass is 9.98. The van der Waals surface area contributed by atoms with Gasteiger partial charge in [0.05, 0.1) is 0 Å². The van der Waals surface area contributed by atoms with Gasteiger partial charge >= 0.3 is 0 Å². The van der Waals surface area contributed by atoms with Crippen LogP contribution in [-0.2, 0) is 9.53 Å². The number of ether oxygens (including phenoxy) is 1. The van der Waals surface area contributed by atoms with Gasteiger partial charge in [-0.3, -0.25) is 4.79 Å². The summed E-state index contributed by atoms with van der Waals surface area (Å²) in [4.78, 5) is 11.4. The van der Waals surface area contributed by atoms with E-state index in [2.05, 4.69) is 28.8 Å². The van der Waals surface area contributed by atoms with Crippen molar-refractivity contribution in [3.8, 4) is 0 Å². The molecule has 4 nitrogen and oxygen atoms in total. The zero-order chi connectivity index (χ0) is 12.8. The first-order valence-electron chi connectivity index (χ1n) is 6.48. The number of fused-ring (bicyclic) bond motifs is 1. The second kappa shape index (κ2) is 6.40. The maximum absolute atomic E-state index is 11.4. The third kappa shape index (κ3) is 3.23. The van der Waals surface area contributed by atoms with Gasteiger partial charge in [0.2, 0.25) is 5.91 Å². The number of hydrogen-bond acceptors (Lipinski definition) is 3. The summed E-state index contributed by atoms with van der Waals surface area (Å²) in [6.07, 6.45) is 0.960. The van der Waals surface area contributed by atoms with Gasteiger partial charge in [-0.25, -0.2) is 0 Å². The molecule has 0 aliphatic carbocycles. The Bertz CT molecular complexity index is 407. The number of amides is 1. The van der Waals surface area contributed by atoms with Crippen molar-refractivity contribution in [2.24, 2.45) is 0 Å². The Morgan fingerprint density at radius 1 is 1.50 bits per heavy atom. The maximum Gasteiger partial charge on any atom is 0.245 e. The predicted octanol–water partition coefficient (Wildman–Crippen LogP) is 1.74. The molecular weight excluding hydrogens is 228 g/mol. The molecule has 2 N–H and O–H groups in total. The van der Waals surface area contributed by atoms with Crippen LogP contribution in [0, 0.1) is 0 Å². The number of anilines is 1. The van der Waals surface area contributed by atoms with Crippen LogP contribution in [0.3, 0.4) is 0 Å². The highest BCUT2D eigenvalue weighted by Gasteiger charge is 2.20. The molecule has 2 rings (SSSR count). The topological polar surface area (TPSA) is 50.4 Å². The molecule has 0 radical (unpaired) electrons. The summed E-state index contributed by atoms with van der Waals surface area (Å²) in [6, 6.07) is 8.36. The molecule has 1 aromatic rings. The van der Waals surface area contributed by atoms with E-state index in [4.69, 9.17) is 4.74 Å². The fraction of sp³-hybridized carbons (Fsp3) is 0.500. The van der Waals surface area contributed by atoms with Crippen molar-refractivity contribution in [1.29, 1.82) is 0 Å². The Kier molecular flexibility index (Phi) is 4.59. The van der Waals surface area contributed by atoms with Gasteiger partial charge in [0, 0.05) is 31.3 Å². The summed E-state index contributed by atoms with van der Waals surface area (Å²) < 4.78 is 5.05. The summed E-state index contributed by atoms with van der Waals surface area (Å²) in [5.74, 6) is 0.463. The molecule has 1 aliphatic heterocycles. The van der Waals surface area contributed by atoms with Crippen molar-refractivity contribution < 1.29 is 9.53 Å². The highest BCUT2D eigenvalue weighted by molar-refractivity contribution is 5.77. The normalized spacial score (nSPS) is 17.1. The van der Waals surface area contributed by atoms with Crippen molar-refractivity contribution in [1.82, 2.24) is 5.32 Å². The molecule has 1 heterocycles. The molecule has 1 aromatic carbocycles. The Balaban J connectivity index is 1.74. The van der Waals surface area contributed by atoms with E-state index in [1.54, 1.807) is 0 Å². The molecule has 4 heteroatoms. The van der Waals surface area contributed by atoms with Gasteiger partial charge in [-0.05, 0) is 25.0 Å². The highest BCUT2D eigenvalue weighted by atomic mass is 16.5. The average molecular weight is 248 g/mol. The second-order valence-electron chi connectivity index (χ2n) is 4.44. The maximum atomic E-state index is 11.4. The van der Waals surface area contributed by atoms with E-state index in [9.17, 15) is 4.79 Å². The Labute approximate surface area is 108 Å². The predicted molar refractivity (Wildman–Crippen MR) is 71.8 cm³/mol. The summed E-state index contributed by atoms with van der Waals surface area (Å²) in [5.41, 5.74) is 2.58. The smallest absolute Gasteiger partial charge is 0.245 e. The van der Waals surface area contributed by atoms with Crippen LogP contribution in [0.2, 0.25) is 0 Å². The fourth-order valence-electron chi connectivity index (χ4n) is 2.25. The number of carbonyl (C=O) groups is 1. The lowest BCUT2D eigenvalue weighted by Gasteiger charge is -2.11. The number of para-hydroxylation sites is 1. The number of carbonyl (C=O) groups excluding carboxylic acids is 1. The van der Waals surface area contributed by atoms with E-state index >= 15 is 0 Å². The van der Waals surface area contributed by atoms with Crippen LogP contribution < -0.4 is 10.6 Å². The molecule has 0 aromatic heterocycles. The highest BCUT2D eigenvalue weighted by Crippen LogP contribution is 2.32. The number of hydrogen-bond donors (Lipinski definition) is 2. The minimum absolute atomic E-state index is 0.0314. The average Bonchev–Trinajstić information content (AvgIpc) is 2.80. The van der Waals surface area contributed by atoms with E-state index < -0.39 is 0 Å². The third-order valence-corrected chi connectivity index (χ3v) is 3.19. The van der Waals surface area contributed by atoms with Gasteiger partial charge in [0.25, 0.3) is 0 Å². The van der Waals surface area contributed by atoms with Crippen LogP contribution >= 0.6 is 0 Å². The lowest BCUT2D eigenvalue weighted by molar-refractivity contribution is -0.125. The number of benzene rings is 1. The minimum atomic E-state index is -0.0314. The molecule has 0 saturated heterocycles. The largest absolute Gasteiger partial charge is 0.384 e. The van der Waals surface area contributed by atoms with E-state index in [1.807, 2.05) is 13.0 Å². The molecule has 1 aliphatic rings. The van der Waals surface area contributed by atoms with Gasteiger partial charge in [-0.2, -0.15) is 0 Å². The molecule has 18 heavy (non-hydrogen) atoms. The SMILES string of the molecule is CCOCC(=O)NCCC1CNc2ccccc21. The van der Waals surface area contributed by atoms with Gasteiger partial charge in [0.15, 0.2) is 0 Å². The molecule has 0 spiro atoms. The van der Waals surface area contributed by atoms with Gasteiger partial charge in [0.1, 0.15) is 6.61 Å². The molecule has 1 atom stereocenters. The third-order valence-electron chi connectivity index (χ3n) is 3.19. The molecule has 1 unspecified atom stereocenters. The van der Waals surface area contributed by atoms with Gasteiger partial charge in [-0.1, -0.05) is 18.2 Å². The summed E-state index contributed by atoms with van der Waals surface area (Å²) in [6.45, 7) is 4.28. The van der Waals surface area contributed by atoms with E-state index in [-0.39, 0.29) is 12.5 Å². The first kappa shape index (κ1) is 12.9. The molecule has 1 amide bonds. The Morgan fingerprint density at radius 2 is 2.33 bits per heavy atom. The van der Waals surface area contributed by atoms with Crippen LogP contribution in [0.4, 0.5) is 5.69 Å². The molecule has 0 fully saturated rings. The molecule has 98 valence electrons. The number of nitrogens with one attached hydrogen (secondary N) is 2. The van der Waals surface area contributed by atoms with Crippen LogP contribution in [-0.4, -0.2) is 32.2 Å². The lowest BCUT2D eigenvalue weighted by Crippen LogP contribution is -2.29. The van der Waals surface area contributed by atoms with Crippen molar-refractivity contribution in [2.75, 3.05) is 31.6 Å². The second-order valence-corrected chi connectivity index (χ2v) is 4.44. The Morgan fingerprint density at radius 3 is 3.17 bits per heavy atom.